The van der Waals surface area contributed by atoms with Crippen molar-refractivity contribution < 1.29 is 0 Å². The largest absolute Gasteiger partial charge is 0.319 e. The van der Waals surface area contributed by atoms with E-state index in [-0.39, 0.29) is 6.04 Å². The SMILES string of the molecule is CC(c1ccccn1)n1c(CCCl)nc2cnccc21. The monoisotopic (exact) mass is 286 g/mol. The number of alkyl halides is 1. The first-order valence-electron chi connectivity index (χ1n) is 6.59. The van der Waals surface area contributed by atoms with Crippen molar-refractivity contribution in [1.29, 1.82) is 0 Å². The van der Waals surface area contributed by atoms with Crippen LogP contribution in [0.2, 0.25) is 0 Å². The quantitative estimate of drug-likeness (QED) is 0.692. The Morgan fingerprint density at radius 3 is 2.90 bits per heavy atom. The summed E-state index contributed by atoms with van der Waals surface area (Å²) in [7, 11) is 0. The summed E-state index contributed by atoms with van der Waals surface area (Å²) in [5.41, 5.74) is 2.98. The molecule has 20 heavy (non-hydrogen) atoms. The highest BCUT2D eigenvalue weighted by molar-refractivity contribution is 6.17. The van der Waals surface area contributed by atoms with Crippen molar-refractivity contribution in [1.82, 2.24) is 19.5 Å². The second-order valence-electron chi connectivity index (χ2n) is 4.63. The number of nitrogens with zero attached hydrogens (tertiary/aromatic N) is 4. The lowest BCUT2D eigenvalue weighted by molar-refractivity contribution is 0.607. The average Bonchev–Trinajstić information content (AvgIpc) is 2.86. The van der Waals surface area contributed by atoms with Crippen LogP contribution >= 0.6 is 11.6 Å². The van der Waals surface area contributed by atoms with Crippen LogP contribution in [0.25, 0.3) is 11.0 Å². The Hall–Kier alpha value is -1.94. The minimum absolute atomic E-state index is 0.113. The van der Waals surface area contributed by atoms with E-state index in [4.69, 9.17) is 11.6 Å². The molecule has 0 aliphatic heterocycles. The van der Waals surface area contributed by atoms with Gasteiger partial charge in [-0.3, -0.25) is 9.97 Å². The standard InChI is InChI=1S/C15H15ClN4/c1-11(12-4-2-3-8-18-12)20-14-6-9-17-10-13(14)19-15(20)5-7-16/h2-4,6,8-11H,5,7H2,1H3. The first kappa shape index (κ1) is 13.1. The van der Waals surface area contributed by atoms with Crippen LogP contribution in [-0.4, -0.2) is 25.4 Å². The fraction of sp³-hybridized carbons (Fsp3) is 0.267. The molecule has 3 rings (SSSR count). The number of halogens is 1. The summed E-state index contributed by atoms with van der Waals surface area (Å²) >= 11 is 5.90. The summed E-state index contributed by atoms with van der Waals surface area (Å²) in [6.07, 6.45) is 6.12. The van der Waals surface area contributed by atoms with Gasteiger partial charge < -0.3 is 4.57 Å². The van der Waals surface area contributed by atoms with Crippen molar-refractivity contribution in [2.45, 2.75) is 19.4 Å². The maximum Gasteiger partial charge on any atom is 0.111 e. The molecule has 0 N–H and O–H groups in total. The van der Waals surface area contributed by atoms with Gasteiger partial charge in [0, 0.05) is 24.7 Å². The van der Waals surface area contributed by atoms with Crippen LogP contribution in [0.15, 0.2) is 42.9 Å². The molecule has 0 saturated heterocycles. The van der Waals surface area contributed by atoms with E-state index in [0.717, 1.165) is 29.0 Å². The minimum Gasteiger partial charge on any atom is -0.319 e. The van der Waals surface area contributed by atoms with Gasteiger partial charge in [0.2, 0.25) is 0 Å². The van der Waals surface area contributed by atoms with E-state index in [1.807, 2.05) is 30.5 Å². The van der Waals surface area contributed by atoms with E-state index in [2.05, 4.69) is 26.4 Å². The highest BCUT2D eigenvalue weighted by Gasteiger charge is 2.17. The van der Waals surface area contributed by atoms with Gasteiger partial charge in [0.15, 0.2) is 0 Å². The molecule has 0 saturated carbocycles. The highest BCUT2D eigenvalue weighted by atomic mass is 35.5. The molecule has 0 amide bonds. The lowest BCUT2D eigenvalue weighted by atomic mass is 10.2. The van der Waals surface area contributed by atoms with Gasteiger partial charge in [-0.25, -0.2) is 4.98 Å². The number of aryl methyl sites for hydroxylation is 1. The Balaban J connectivity index is 2.15. The van der Waals surface area contributed by atoms with Crippen molar-refractivity contribution >= 4 is 22.6 Å². The van der Waals surface area contributed by atoms with Gasteiger partial charge in [0.05, 0.1) is 23.4 Å². The molecule has 3 aromatic rings. The Kier molecular flexibility index (Phi) is 3.65. The number of pyridine rings is 2. The van der Waals surface area contributed by atoms with Gasteiger partial charge in [0.25, 0.3) is 0 Å². The molecule has 0 spiro atoms. The van der Waals surface area contributed by atoms with E-state index in [1.54, 1.807) is 12.4 Å². The first-order valence-corrected chi connectivity index (χ1v) is 7.12. The fourth-order valence-electron chi connectivity index (χ4n) is 2.45. The van der Waals surface area contributed by atoms with E-state index in [0.29, 0.717) is 5.88 Å². The second kappa shape index (κ2) is 5.59. The molecule has 0 aliphatic carbocycles. The minimum atomic E-state index is 0.113. The van der Waals surface area contributed by atoms with Crippen molar-refractivity contribution in [3.63, 3.8) is 0 Å². The molecule has 0 fully saturated rings. The van der Waals surface area contributed by atoms with Crippen molar-refractivity contribution in [3.8, 4) is 0 Å². The Morgan fingerprint density at radius 2 is 2.15 bits per heavy atom. The third kappa shape index (κ3) is 2.27. The van der Waals surface area contributed by atoms with E-state index in [9.17, 15) is 0 Å². The van der Waals surface area contributed by atoms with Gasteiger partial charge >= 0.3 is 0 Å². The van der Waals surface area contributed by atoms with Crippen molar-refractivity contribution in [2.24, 2.45) is 0 Å². The Labute approximate surface area is 122 Å². The van der Waals surface area contributed by atoms with Crippen LogP contribution < -0.4 is 0 Å². The third-order valence-corrected chi connectivity index (χ3v) is 3.58. The van der Waals surface area contributed by atoms with E-state index >= 15 is 0 Å². The zero-order valence-corrected chi connectivity index (χ0v) is 12.0. The van der Waals surface area contributed by atoms with Gasteiger partial charge in [-0.1, -0.05) is 6.07 Å². The van der Waals surface area contributed by atoms with Gasteiger partial charge in [-0.05, 0) is 25.1 Å². The van der Waals surface area contributed by atoms with Crippen molar-refractivity contribution in [2.75, 3.05) is 5.88 Å². The predicted octanol–water partition coefficient (Wildman–Crippen LogP) is 3.22. The zero-order chi connectivity index (χ0) is 13.9. The fourth-order valence-corrected chi connectivity index (χ4v) is 2.62. The molecule has 4 nitrogen and oxygen atoms in total. The van der Waals surface area contributed by atoms with Crippen LogP contribution in [0.5, 0.6) is 0 Å². The Morgan fingerprint density at radius 1 is 1.25 bits per heavy atom. The summed E-state index contributed by atoms with van der Waals surface area (Å²) < 4.78 is 2.20. The average molecular weight is 287 g/mol. The van der Waals surface area contributed by atoms with Crippen LogP contribution in [0.4, 0.5) is 0 Å². The smallest absolute Gasteiger partial charge is 0.111 e. The number of imidazole rings is 1. The maximum absolute atomic E-state index is 5.90. The lowest BCUT2D eigenvalue weighted by Gasteiger charge is -2.16. The molecule has 0 radical (unpaired) electrons. The molecule has 0 bridgehead atoms. The molecular formula is C15H15ClN4. The Bertz CT molecular complexity index is 708. The van der Waals surface area contributed by atoms with Gasteiger partial charge in [0.1, 0.15) is 11.3 Å². The van der Waals surface area contributed by atoms with E-state index in [1.165, 1.54) is 0 Å². The van der Waals surface area contributed by atoms with Crippen LogP contribution in [-0.2, 0) is 6.42 Å². The summed E-state index contributed by atoms with van der Waals surface area (Å²) in [6.45, 7) is 2.13. The van der Waals surface area contributed by atoms with Gasteiger partial charge in [-0.15, -0.1) is 11.6 Å². The number of rotatable bonds is 4. The summed E-state index contributed by atoms with van der Waals surface area (Å²) in [5, 5.41) is 0. The molecule has 3 heterocycles. The third-order valence-electron chi connectivity index (χ3n) is 3.39. The molecule has 0 aliphatic rings. The molecule has 0 aromatic carbocycles. The maximum atomic E-state index is 5.90. The number of hydrogen-bond acceptors (Lipinski definition) is 3. The first-order chi connectivity index (χ1) is 9.81. The molecule has 102 valence electrons. The molecule has 5 heteroatoms. The normalized spacial score (nSPS) is 12.7. The molecule has 1 atom stereocenters. The zero-order valence-electron chi connectivity index (χ0n) is 11.2. The van der Waals surface area contributed by atoms with Crippen molar-refractivity contribution in [3.05, 3.63) is 54.4 Å². The highest BCUT2D eigenvalue weighted by Crippen LogP contribution is 2.24. The number of fused-ring (bicyclic) bond motifs is 1. The van der Waals surface area contributed by atoms with Crippen LogP contribution in [0, 0.1) is 0 Å². The molecule has 3 aromatic heterocycles. The topological polar surface area (TPSA) is 43.6 Å². The second-order valence-corrected chi connectivity index (χ2v) is 5.01. The summed E-state index contributed by atoms with van der Waals surface area (Å²) in [4.78, 5) is 13.2. The van der Waals surface area contributed by atoms with E-state index < -0.39 is 0 Å². The number of hydrogen-bond donors (Lipinski definition) is 0. The number of aromatic nitrogens is 4. The summed E-state index contributed by atoms with van der Waals surface area (Å²) in [6, 6.07) is 8.05. The lowest BCUT2D eigenvalue weighted by Crippen LogP contribution is -2.12. The summed E-state index contributed by atoms with van der Waals surface area (Å²) in [5.74, 6) is 1.52. The molecule has 1 unspecified atom stereocenters. The van der Waals surface area contributed by atoms with Crippen LogP contribution in [0.3, 0.4) is 0 Å². The molecular weight excluding hydrogens is 272 g/mol. The van der Waals surface area contributed by atoms with Gasteiger partial charge in [-0.2, -0.15) is 0 Å². The predicted molar refractivity (Wildman–Crippen MR) is 80.0 cm³/mol. The van der Waals surface area contributed by atoms with Crippen LogP contribution in [0.1, 0.15) is 24.5 Å².